The molecule has 0 aliphatic rings. The van der Waals surface area contributed by atoms with Crippen LogP contribution in [0, 0.1) is 6.92 Å². The highest BCUT2D eigenvalue weighted by Crippen LogP contribution is 2.15. The fraction of sp³-hybridized carbons (Fsp3) is 0.136. The molecule has 0 fully saturated rings. The van der Waals surface area contributed by atoms with E-state index in [0.29, 0.717) is 16.0 Å². The first kappa shape index (κ1) is 24.4. The van der Waals surface area contributed by atoms with E-state index in [2.05, 4.69) is 52.1 Å². The lowest BCUT2D eigenvalue weighted by molar-refractivity contribution is -0.112. The van der Waals surface area contributed by atoms with Gasteiger partial charge in [-0.3, -0.25) is 14.4 Å². The summed E-state index contributed by atoms with van der Waals surface area (Å²) in [5.41, 5.74) is 3.11. The molecule has 0 aliphatic carbocycles. The third-order valence-corrected chi connectivity index (χ3v) is 4.53. The zero-order valence-electron chi connectivity index (χ0n) is 17.1. The molecule has 0 atom stereocenters. The van der Waals surface area contributed by atoms with Crippen molar-refractivity contribution < 1.29 is 9.59 Å². The van der Waals surface area contributed by atoms with E-state index < -0.39 is 0 Å². The van der Waals surface area contributed by atoms with Crippen molar-refractivity contribution in [2.75, 3.05) is 0 Å². The van der Waals surface area contributed by atoms with Gasteiger partial charge in [-0.15, -0.1) is 0 Å². The average molecular weight is 548 g/mol. The van der Waals surface area contributed by atoms with E-state index in [9.17, 15) is 14.4 Å². The van der Waals surface area contributed by atoms with Gasteiger partial charge >= 0.3 is 0 Å². The molecule has 31 heavy (non-hydrogen) atoms. The minimum atomic E-state index is -0.337. The topological polar surface area (TPSA) is 105 Å². The SMILES string of the molecule is CC(=O)/C=C(/C)NC(=O)c1cccc(Br)n1.Cc1cc(=O)cc(-c2cccc(Br)n2)[nH]1. The Kier molecular flexibility index (Phi) is 9.02. The van der Waals surface area contributed by atoms with E-state index in [4.69, 9.17) is 0 Å². The van der Waals surface area contributed by atoms with Crippen LogP contribution >= 0.6 is 31.9 Å². The van der Waals surface area contributed by atoms with Gasteiger partial charge in [0.2, 0.25) is 0 Å². The summed E-state index contributed by atoms with van der Waals surface area (Å²) in [5, 5.41) is 2.57. The van der Waals surface area contributed by atoms with Gasteiger partial charge in [-0.05, 0) is 83.0 Å². The summed E-state index contributed by atoms with van der Waals surface area (Å²) in [6, 6.07) is 13.7. The number of pyridine rings is 3. The van der Waals surface area contributed by atoms with Crippen LogP contribution in [0.2, 0.25) is 0 Å². The van der Waals surface area contributed by atoms with Gasteiger partial charge in [0, 0.05) is 23.5 Å². The number of aromatic nitrogens is 3. The largest absolute Gasteiger partial charge is 0.357 e. The Morgan fingerprint density at radius 2 is 1.65 bits per heavy atom. The summed E-state index contributed by atoms with van der Waals surface area (Å²) in [7, 11) is 0. The van der Waals surface area contributed by atoms with Crippen molar-refractivity contribution in [3.05, 3.63) is 91.1 Å². The molecule has 160 valence electrons. The zero-order valence-corrected chi connectivity index (χ0v) is 20.2. The average Bonchev–Trinajstić information content (AvgIpc) is 2.67. The molecule has 0 unspecified atom stereocenters. The normalized spacial score (nSPS) is 10.7. The number of halogens is 2. The van der Waals surface area contributed by atoms with Gasteiger partial charge in [0.25, 0.3) is 5.91 Å². The Morgan fingerprint density at radius 3 is 2.23 bits per heavy atom. The van der Waals surface area contributed by atoms with Crippen LogP contribution in [0.3, 0.4) is 0 Å². The molecule has 3 aromatic heterocycles. The minimum absolute atomic E-state index is 0.0111. The predicted octanol–water partition coefficient (Wildman–Crippen LogP) is 4.57. The highest BCUT2D eigenvalue weighted by Gasteiger charge is 2.07. The summed E-state index contributed by atoms with van der Waals surface area (Å²) in [5.74, 6) is -0.448. The fourth-order valence-electron chi connectivity index (χ4n) is 2.50. The number of rotatable bonds is 4. The molecule has 1 amide bonds. The Hall–Kier alpha value is -2.91. The van der Waals surface area contributed by atoms with E-state index in [-0.39, 0.29) is 17.1 Å². The molecule has 3 aromatic rings. The van der Waals surface area contributed by atoms with E-state index in [0.717, 1.165) is 21.7 Å². The van der Waals surface area contributed by atoms with Crippen LogP contribution in [0.4, 0.5) is 0 Å². The van der Waals surface area contributed by atoms with Crippen molar-refractivity contribution in [2.24, 2.45) is 0 Å². The standard InChI is InChI=1S/C11H11BrN2O2.C11H9BrN2O/c1-7(6-8(2)15)13-11(16)9-4-3-5-10(12)14-9;1-7-5-8(15)6-10(13-7)9-3-2-4-11(12)14-9/h3-6H,1-2H3,(H,13,16);2-6H,1H3,(H,13,15)/b7-6-;. The Balaban J connectivity index is 0.000000220. The lowest BCUT2D eigenvalue weighted by Crippen LogP contribution is -2.22. The molecule has 3 heterocycles. The van der Waals surface area contributed by atoms with Gasteiger partial charge in [-0.25, -0.2) is 9.97 Å². The number of hydrogen-bond donors (Lipinski definition) is 2. The molecule has 2 N–H and O–H groups in total. The molecule has 0 saturated heterocycles. The maximum absolute atomic E-state index is 11.6. The molecule has 9 heteroatoms. The zero-order chi connectivity index (χ0) is 23.0. The third-order valence-electron chi connectivity index (χ3n) is 3.65. The summed E-state index contributed by atoms with van der Waals surface area (Å²) < 4.78 is 1.34. The van der Waals surface area contributed by atoms with Gasteiger partial charge in [0.05, 0.1) is 11.4 Å². The molecule has 3 rings (SSSR count). The maximum Gasteiger partial charge on any atom is 0.274 e. The number of nitrogens with one attached hydrogen (secondary N) is 2. The molecule has 0 bridgehead atoms. The molecular weight excluding hydrogens is 528 g/mol. The van der Waals surface area contributed by atoms with Crippen LogP contribution in [0.1, 0.15) is 30.0 Å². The number of allylic oxidation sites excluding steroid dienone is 2. The van der Waals surface area contributed by atoms with Gasteiger partial charge in [-0.1, -0.05) is 12.1 Å². The first-order valence-corrected chi connectivity index (χ1v) is 10.7. The van der Waals surface area contributed by atoms with Gasteiger partial charge in [0.1, 0.15) is 14.9 Å². The van der Waals surface area contributed by atoms with Crippen LogP contribution < -0.4 is 10.7 Å². The second-order valence-electron chi connectivity index (χ2n) is 6.50. The first-order valence-electron chi connectivity index (χ1n) is 9.10. The van der Waals surface area contributed by atoms with Gasteiger partial charge in [-0.2, -0.15) is 0 Å². The van der Waals surface area contributed by atoms with Crippen LogP contribution in [0.5, 0.6) is 0 Å². The highest BCUT2D eigenvalue weighted by molar-refractivity contribution is 9.10. The number of carbonyl (C=O) groups is 2. The van der Waals surface area contributed by atoms with Crippen molar-refractivity contribution in [2.45, 2.75) is 20.8 Å². The van der Waals surface area contributed by atoms with Crippen molar-refractivity contribution in [3.8, 4) is 11.4 Å². The van der Waals surface area contributed by atoms with Crippen molar-refractivity contribution >= 4 is 43.6 Å². The number of H-pyrrole nitrogens is 1. The molecule has 0 aliphatic heterocycles. The Labute approximate surface area is 196 Å². The van der Waals surface area contributed by atoms with Crippen molar-refractivity contribution in [1.82, 2.24) is 20.3 Å². The van der Waals surface area contributed by atoms with Crippen molar-refractivity contribution in [3.63, 3.8) is 0 Å². The van der Waals surface area contributed by atoms with Crippen LogP contribution in [-0.4, -0.2) is 26.6 Å². The smallest absolute Gasteiger partial charge is 0.274 e. The number of aromatic amines is 1. The van der Waals surface area contributed by atoms with E-state index >= 15 is 0 Å². The number of amides is 1. The van der Waals surface area contributed by atoms with E-state index in [1.165, 1.54) is 13.0 Å². The summed E-state index contributed by atoms with van der Waals surface area (Å²) in [6.45, 7) is 4.92. The second kappa shape index (κ2) is 11.5. The number of nitrogens with zero attached hydrogens (tertiary/aromatic N) is 2. The highest BCUT2D eigenvalue weighted by atomic mass is 79.9. The molecular formula is C22H20Br2N4O3. The molecule has 0 saturated carbocycles. The third kappa shape index (κ3) is 8.39. The summed E-state index contributed by atoms with van der Waals surface area (Å²) in [4.78, 5) is 45.1. The lowest BCUT2D eigenvalue weighted by atomic mass is 10.2. The molecule has 0 aromatic carbocycles. The van der Waals surface area contributed by atoms with Crippen LogP contribution in [0.25, 0.3) is 11.4 Å². The molecule has 0 radical (unpaired) electrons. The number of hydrogen-bond acceptors (Lipinski definition) is 5. The lowest BCUT2D eigenvalue weighted by Gasteiger charge is -2.04. The van der Waals surface area contributed by atoms with E-state index in [1.807, 2.05) is 25.1 Å². The van der Waals surface area contributed by atoms with Gasteiger partial charge in [0.15, 0.2) is 11.2 Å². The Morgan fingerprint density at radius 1 is 1.00 bits per heavy atom. The Bertz CT molecular complexity index is 1190. The minimum Gasteiger partial charge on any atom is -0.357 e. The van der Waals surface area contributed by atoms with Crippen LogP contribution in [0.15, 0.2) is 74.3 Å². The quantitative estimate of drug-likeness (QED) is 0.367. The van der Waals surface area contributed by atoms with Crippen molar-refractivity contribution in [1.29, 1.82) is 0 Å². The maximum atomic E-state index is 11.6. The second-order valence-corrected chi connectivity index (χ2v) is 8.12. The van der Waals surface area contributed by atoms with E-state index in [1.54, 1.807) is 37.3 Å². The fourth-order valence-corrected chi connectivity index (χ4v) is 3.18. The summed E-state index contributed by atoms with van der Waals surface area (Å²) >= 11 is 6.47. The summed E-state index contributed by atoms with van der Waals surface area (Å²) in [6.07, 6.45) is 1.36. The number of carbonyl (C=O) groups excluding carboxylic acids is 2. The number of ketones is 1. The number of aryl methyl sites for hydroxylation is 1. The molecule has 7 nitrogen and oxygen atoms in total. The van der Waals surface area contributed by atoms with Gasteiger partial charge < -0.3 is 10.3 Å². The predicted molar refractivity (Wildman–Crippen MR) is 127 cm³/mol. The van der Waals surface area contributed by atoms with Crippen LogP contribution in [-0.2, 0) is 4.79 Å². The molecule has 0 spiro atoms. The monoisotopic (exact) mass is 546 g/mol. The first-order chi connectivity index (χ1) is 14.6.